The first-order chi connectivity index (χ1) is 12.0. The number of nitrogens with one attached hydrogen (secondary N) is 1. The van der Waals surface area contributed by atoms with Crippen LogP contribution in [0.3, 0.4) is 0 Å². The van der Waals surface area contributed by atoms with Crippen molar-refractivity contribution in [1.29, 1.82) is 0 Å². The van der Waals surface area contributed by atoms with Crippen LogP contribution in [0.15, 0.2) is 4.99 Å². The van der Waals surface area contributed by atoms with E-state index in [1.165, 1.54) is 19.5 Å². The Balaban J connectivity index is 0.00000338. The number of carbonyl (C=O) groups is 1. The highest BCUT2D eigenvalue weighted by molar-refractivity contribution is 14.0. The summed E-state index contributed by atoms with van der Waals surface area (Å²) < 4.78 is 0. The molecule has 0 radical (unpaired) electrons. The molecule has 7 heteroatoms. The molecule has 2 heterocycles. The van der Waals surface area contributed by atoms with Crippen LogP contribution >= 0.6 is 24.0 Å². The van der Waals surface area contributed by atoms with Crippen molar-refractivity contribution in [2.45, 2.75) is 46.0 Å². The van der Waals surface area contributed by atoms with Gasteiger partial charge in [0.1, 0.15) is 0 Å². The normalized spacial score (nSPS) is 27.7. The maximum absolute atomic E-state index is 11.2. The van der Waals surface area contributed by atoms with Gasteiger partial charge in [0, 0.05) is 46.2 Å². The van der Waals surface area contributed by atoms with Crippen molar-refractivity contribution in [2.75, 3.05) is 46.3 Å². The fourth-order valence-corrected chi connectivity index (χ4v) is 4.52. The number of nitrogens with zero attached hydrogens (tertiary/aromatic N) is 3. The molecule has 6 nitrogen and oxygen atoms in total. The Labute approximate surface area is 176 Å². The quantitative estimate of drug-likeness (QED) is 0.265. The Kier molecular flexibility index (Phi) is 10.8. The Morgan fingerprint density at radius 3 is 2.54 bits per heavy atom. The van der Waals surface area contributed by atoms with E-state index >= 15 is 0 Å². The highest BCUT2D eigenvalue weighted by atomic mass is 127. The minimum absolute atomic E-state index is 0. The Hall–Kier alpha value is -0.570. The fourth-order valence-electron chi connectivity index (χ4n) is 4.52. The fraction of sp³-hybridized carbons (Fsp3) is 0.895. The lowest BCUT2D eigenvalue weighted by Crippen LogP contribution is -2.47. The molecule has 0 saturated carbocycles. The number of amides is 1. The number of halogens is 1. The summed E-state index contributed by atoms with van der Waals surface area (Å²) in [6.45, 7) is 11.2. The second kappa shape index (κ2) is 12.0. The molecular formula is C19H38IN5O. The lowest BCUT2D eigenvalue weighted by atomic mass is 9.92. The van der Waals surface area contributed by atoms with E-state index in [1.807, 2.05) is 7.05 Å². The molecule has 0 aliphatic carbocycles. The van der Waals surface area contributed by atoms with Gasteiger partial charge in [0.15, 0.2) is 5.96 Å². The molecule has 0 aromatic heterocycles. The monoisotopic (exact) mass is 479 g/mol. The molecule has 0 aromatic carbocycles. The van der Waals surface area contributed by atoms with E-state index in [-0.39, 0.29) is 29.9 Å². The molecule has 26 heavy (non-hydrogen) atoms. The van der Waals surface area contributed by atoms with Crippen LogP contribution in [0.1, 0.15) is 46.0 Å². The molecule has 2 rings (SSSR count). The maximum atomic E-state index is 11.2. The molecular weight excluding hydrogens is 441 g/mol. The first-order valence-electron chi connectivity index (χ1n) is 9.94. The van der Waals surface area contributed by atoms with Gasteiger partial charge in [0.25, 0.3) is 0 Å². The van der Waals surface area contributed by atoms with Gasteiger partial charge < -0.3 is 20.9 Å². The smallest absolute Gasteiger partial charge is 0.217 e. The molecule has 0 spiro atoms. The highest BCUT2D eigenvalue weighted by Crippen LogP contribution is 2.21. The third-order valence-corrected chi connectivity index (χ3v) is 5.40. The van der Waals surface area contributed by atoms with Crippen LogP contribution in [-0.4, -0.2) is 68.0 Å². The van der Waals surface area contributed by atoms with Crippen molar-refractivity contribution < 1.29 is 4.79 Å². The zero-order chi connectivity index (χ0) is 18.2. The Morgan fingerprint density at radius 2 is 1.92 bits per heavy atom. The SMILES string of the molecule is CN=C(NCCCN1CC(C)CC(C)C1)N1CCCC(CC(N)=O)C1.I. The maximum Gasteiger partial charge on any atom is 0.217 e. The van der Waals surface area contributed by atoms with Gasteiger partial charge in [-0.1, -0.05) is 13.8 Å². The molecule has 2 aliphatic rings. The number of guanidine groups is 1. The highest BCUT2D eigenvalue weighted by Gasteiger charge is 2.24. The van der Waals surface area contributed by atoms with Gasteiger partial charge in [-0.15, -0.1) is 24.0 Å². The van der Waals surface area contributed by atoms with Gasteiger partial charge in [0.05, 0.1) is 0 Å². The van der Waals surface area contributed by atoms with Crippen molar-refractivity contribution in [2.24, 2.45) is 28.5 Å². The largest absolute Gasteiger partial charge is 0.370 e. The molecule has 3 N–H and O–H groups in total. The van der Waals surface area contributed by atoms with Crippen molar-refractivity contribution in [3.05, 3.63) is 0 Å². The molecule has 2 saturated heterocycles. The van der Waals surface area contributed by atoms with E-state index in [4.69, 9.17) is 5.73 Å². The van der Waals surface area contributed by atoms with Crippen molar-refractivity contribution >= 4 is 35.8 Å². The predicted molar refractivity (Wildman–Crippen MR) is 119 cm³/mol. The van der Waals surface area contributed by atoms with Crippen LogP contribution in [0.25, 0.3) is 0 Å². The number of piperidine rings is 2. The van der Waals surface area contributed by atoms with E-state index in [9.17, 15) is 4.79 Å². The van der Waals surface area contributed by atoms with Gasteiger partial charge >= 0.3 is 0 Å². The lowest BCUT2D eigenvalue weighted by Gasteiger charge is -2.36. The van der Waals surface area contributed by atoms with Crippen molar-refractivity contribution in [3.8, 4) is 0 Å². The number of rotatable bonds is 6. The van der Waals surface area contributed by atoms with Crippen molar-refractivity contribution in [3.63, 3.8) is 0 Å². The summed E-state index contributed by atoms with van der Waals surface area (Å²) in [6, 6.07) is 0. The van der Waals surface area contributed by atoms with Gasteiger partial charge in [-0.2, -0.15) is 0 Å². The van der Waals surface area contributed by atoms with E-state index in [2.05, 4.69) is 34.0 Å². The average Bonchev–Trinajstić information content (AvgIpc) is 2.53. The molecule has 3 atom stereocenters. The molecule has 152 valence electrons. The number of hydrogen-bond donors (Lipinski definition) is 2. The number of carbonyl (C=O) groups excluding carboxylic acids is 1. The second-order valence-electron chi connectivity index (χ2n) is 8.16. The number of nitrogens with two attached hydrogens (primary N) is 1. The molecule has 0 aromatic rings. The topological polar surface area (TPSA) is 74.0 Å². The Morgan fingerprint density at radius 1 is 1.23 bits per heavy atom. The zero-order valence-electron chi connectivity index (χ0n) is 16.7. The van der Waals surface area contributed by atoms with Gasteiger partial charge in [-0.05, 0) is 50.0 Å². The van der Waals surface area contributed by atoms with E-state index in [1.54, 1.807) is 0 Å². The number of aliphatic imine (C=N–C) groups is 1. The number of hydrogen-bond acceptors (Lipinski definition) is 3. The molecule has 1 amide bonds. The van der Waals surface area contributed by atoms with E-state index < -0.39 is 0 Å². The summed E-state index contributed by atoms with van der Waals surface area (Å²) in [6.07, 6.45) is 5.17. The summed E-state index contributed by atoms with van der Waals surface area (Å²) in [5, 5.41) is 3.51. The van der Waals surface area contributed by atoms with Gasteiger partial charge in [-0.3, -0.25) is 9.79 Å². The van der Waals surface area contributed by atoms with Gasteiger partial charge in [-0.25, -0.2) is 0 Å². The molecule has 3 unspecified atom stereocenters. The van der Waals surface area contributed by atoms with Crippen LogP contribution in [0.4, 0.5) is 0 Å². The third-order valence-electron chi connectivity index (χ3n) is 5.40. The minimum Gasteiger partial charge on any atom is -0.370 e. The summed E-state index contributed by atoms with van der Waals surface area (Å²) in [5.41, 5.74) is 5.36. The van der Waals surface area contributed by atoms with Crippen LogP contribution in [0.2, 0.25) is 0 Å². The van der Waals surface area contributed by atoms with Crippen LogP contribution in [0.5, 0.6) is 0 Å². The first kappa shape index (κ1) is 23.5. The predicted octanol–water partition coefficient (Wildman–Crippen LogP) is 2.14. The summed E-state index contributed by atoms with van der Waals surface area (Å²) in [5.74, 6) is 2.77. The standard InChI is InChI=1S/C19H37N5O.HI/c1-15-10-16(2)13-23(12-15)8-5-7-22-19(21-3)24-9-4-6-17(14-24)11-18(20)25;/h15-17H,4-14H2,1-3H3,(H2,20,25)(H,21,22);1H. The zero-order valence-corrected chi connectivity index (χ0v) is 19.1. The van der Waals surface area contributed by atoms with Gasteiger partial charge in [0.2, 0.25) is 5.91 Å². The van der Waals surface area contributed by atoms with E-state index in [0.717, 1.165) is 63.2 Å². The molecule has 0 bridgehead atoms. The van der Waals surface area contributed by atoms with Crippen LogP contribution < -0.4 is 11.1 Å². The lowest BCUT2D eigenvalue weighted by molar-refractivity contribution is -0.119. The van der Waals surface area contributed by atoms with Crippen molar-refractivity contribution in [1.82, 2.24) is 15.1 Å². The van der Waals surface area contributed by atoms with Crippen LogP contribution in [0, 0.1) is 17.8 Å². The third kappa shape index (κ3) is 7.98. The first-order valence-corrected chi connectivity index (χ1v) is 9.94. The van der Waals surface area contributed by atoms with E-state index in [0.29, 0.717) is 12.3 Å². The second-order valence-corrected chi connectivity index (χ2v) is 8.16. The average molecular weight is 479 g/mol. The van der Waals surface area contributed by atoms with Crippen LogP contribution in [-0.2, 0) is 4.79 Å². The summed E-state index contributed by atoms with van der Waals surface area (Å²) >= 11 is 0. The molecule has 2 aliphatic heterocycles. The summed E-state index contributed by atoms with van der Waals surface area (Å²) in [7, 11) is 1.84. The number of primary amides is 1. The number of likely N-dealkylation sites (tertiary alicyclic amines) is 2. The molecule has 2 fully saturated rings. The Bertz CT molecular complexity index is 449. The minimum atomic E-state index is -0.195. The summed E-state index contributed by atoms with van der Waals surface area (Å²) in [4.78, 5) is 20.5.